The molecule has 1 unspecified atom stereocenters. The summed E-state index contributed by atoms with van der Waals surface area (Å²) in [5.41, 5.74) is 5.04. The van der Waals surface area contributed by atoms with E-state index in [4.69, 9.17) is 4.74 Å². The van der Waals surface area contributed by atoms with E-state index in [-0.39, 0.29) is 5.60 Å². The van der Waals surface area contributed by atoms with Gasteiger partial charge in [-0.2, -0.15) is 0 Å². The van der Waals surface area contributed by atoms with E-state index in [1.165, 1.54) is 22.3 Å². The van der Waals surface area contributed by atoms with Crippen molar-refractivity contribution in [1.29, 1.82) is 0 Å². The minimum Gasteiger partial charge on any atom is -0.367 e. The normalized spacial score (nSPS) is 13.8. The number of rotatable bonds is 8. The summed E-state index contributed by atoms with van der Waals surface area (Å²) in [6.45, 7) is 17.6. The summed E-state index contributed by atoms with van der Waals surface area (Å²) >= 11 is 0. The molecular formula is C21H32O. The van der Waals surface area contributed by atoms with Crippen LogP contribution in [0.15, 0.2) is 42.5 Å². The Bertz CT molecular complexity index is 521. The van der Waals surface area contributed by atoms with Crippen molar-refractivity contribution < 1.29 is 4.74 Å². The molecule has 0 saturated heterocycles. The van der Waals surface area contributed by atoms with Gasteiger partial charge in [-0.25, -0.2) is 0 Å². The van der Waals surface area contributed by atoms with E-state index >= 15 is 0 Å². The van der Waals surface area contributed by atoms with Gasteiger partial charge in [0.25, 0.3) is 0 Å². The lowest BCUT2D eigenvalue weighted by atomic mass is 9.95. The number of ether oxygens (including phenoxy) is 1. The van der Waals surface area contributed by atoms with Crippen LogP contribution in [0.25, 0.3) is 0 Å². The molecule has 0 aliphatic rings. The highest BCUT2D eigenvalue weighted by atomic mass is 16.5. The van der Waals surface area contributed by atoms with Crippen molar-refractivity contribution in [3.63, 3.8) is 0 Å². The Kier molecular flexibility index (Phi) is 7.09. The number of hydrogen-bond acceptors (Lipinski definition) is 1. The van der Waals surface area contributed by atoms with Crippen LogP contribution in [0.5, 0.6) is 0 Å². The third-order valence-corrected chi connectivity index (χ3v) is 4.10. The number of benzene rings is 1. The molecule has 1 heteroatoms. The first kappa shape index (κ1) is 18.7. The van der Waals surface area contributed by atoms with Gasteiger partial charge in [-0.3, -0.25) is 0 Å². The molecular weight excluding hydrogens is 268 g/mol. The lowest BCUT2D eigenvalue weighted by Crippen LogP contribution is -2.25. The summed E-state index contributed by atoms with van der Waals surface area (Å²) in [6, 6.07) is 6.66. The molecule has 0 fully saturated rings. The van der Waals surface area contributed by atoms with E-state index in [0.29, 0.717) is 12.5 Å². The first-order chi connectivity index (χ1) is 10.3. The zero-order valence-corrected chi connectivity index (χ0v) is 15.2. The second-order valence-corrected chi connectivity index (χ2v) is 6.98. The van der Waals surface area contributed by atoms with Crippen LogP contribution in [0.3, 0.4) is 0 Å². The van der Waals surface area contributed by atoms with E-state index < -0.39 is 0 Å². The second-order valence-electron chi connectivity index (χ2n) is 6.98. The van der Waals surface area contributed by atoms with Crippen molar-refractivity contribution in [2.45, 2.75) is 72.5 Å². The second kappa shape index (κ2) is 8.33. The quantitative estimate of drug-likeness (QED) is 0.510. The highest BCUT2D eigenvalue weighted by Crippen LogP contribution is 2.26. The van der Waals surface area contributed by atoms with Crippen LogP contribution in [0.1, 0.15) is 70.1 Å². The Morgan fingerprint density at radius 1 is 1.32 bits per heavy atom. The van der Waals surface area contributed by atoms with Gasteiger partial charge < -0.3 is 4.74 Å². The number of aryl methyl sites for hydroxylation is 1. The van der Waals surface area contributed by atoms with Crippen molar-refractivity contribution in [3.05, 3.63) is 59.2 Å². The minimum atomic E-state index is -0.274. The van der Waals surface area contributed by atoms with Crippen LogP contribution in [0.4, 0.5) is 0 Å². The van der Waals surface area contributed by atoms with Gasteiger partial charge in [0.15, 0.2) is 0 Å². The standard InChI is InChI=1S/C21H32O/c1-8-21(7,13-9-10-16(2)3)22-15-19-14-18(6)11-12-20(19)17(4)5/h8,10-12,14,17H,1,9,13,15H2,2-7H3. The Labute approximate surface area is 137 Å². The zero-order valence-electron chi connectivity index (χ0n) is 15.2. The summed E-state index contributed by atoms with van der Waals surface area (Å²) in [5, 5.41) is 0. The van der Waals surface area contributed by atoms with Crippen molar-refractivity contribution in [2.24, 2.45) is 0 Å². The molecule has 1 nitrogen and oxygen atoms in total. The summed E-state index contributed by atoms with van der Waals surface area (Å²) in [5.74, 6) is 0.514. The average Bonchev–Trinajstić information content (AvgIpc) is 2.44. The van der Waals surface area contributed by atoms with Gasteiger partial charge in [0.2, 0.25) is 0 Å². The van der Waals surface area contributed by atoms with Gasteiger partial charge in [0, 0.05) is 0 Å². The molecule has 122 valence electrons. The molecule has 0 bridgehead atoms. The van der Waals surface area contributed by atoms with Gasteiger partial charge in [-0.05, 0) is 57.6 Å². The molecule has 0 aromatic heterocycles. The Morgan fingerprint density at radius 2 is 2.00 bits per heavy atom. The van der Waals surface area contributed by atoms with Crippen molar-refractivity contribution >= 4 is 0 Å². The van der Waals surface area contributed by atoms with Crippen molar-refractivity contribution in [2.75, 3.05) is 0 Å². The summed E-state index contributed by atoms with van der Waals surface area (Å²) in [4.78, 5) is 0. The SMILES string of the molecule is C=CC(C)(CCC=C(C)C)OCc1cc(C)ccc1C(C)C. The van der Waals surface area contributed by atoms with E-state index in [1.807, 2.05) is 6.08 Å². The minimum absolute atomic E-state index is 0.274. The fourth-order valence-electron chi connectivity index (χ4n) is 2.55. The third-order valence-electron chi connectivity index (χ3n) is 4.10. The van der Waals surface area contributed by atoms with E-state index in [2.05, 4.69) is 72.4 Å². The molecule has 0 aliphatic heterocycles. The molecule has 1 aromatic carbocycles. The molecule has 0 amide bonds. The first-order valence-electron chi connectivity index (χ1n) is 8.28. The summed E-state index contributed by atoms with van der Waals surface area (Å²) in [7, 11) is 0. The first-order valence-corrected chi connectivity index (χ1v) is 8.28. The smallest absolute Gasteiger partial charge is 0.0839 e. The van der Waals surface area contributed by atoms with Crippen LogP contribution in [0, 0.1) is 6.92 Å². The maximum atomic E-state index is 6.25. The predicted octanol–water partition coefficient (Wildman–Crippen LogP) is 6.33. The summed E-state index contributed by atoms with van der Waals surface area (Å²) in [6.07, 6.45) is 6.19. The van der Waals surface area contributed by atoms with Crippen molar-refractivity contribution in [3.8, 4) is 0 Å². The molecule has 22 heavy (non-hydrogen) atoms. The topological polar surface area (TPSA) is 9.23 Å². The average molecular weight is 300 g/mol. The van der Waals surface area contributed by atoms with Crippen LogP contribution >= 0.6 is 0 Å². The largest absolute Gasteiger partial charge is 0.367 e. The van der Waals surface area contributed by atoms with Crippen LogP contribution in [0.2, 0.25) is 0 Å². The van der Waals surface area contributed by atoms with E-state index in [0.717, 1.165) is 12.8 Å². The van der Waals surface area contributed by atoms with Crippen molar-refractivity contribution in [1.82, 2.24) is 0 Å². The molecule has 0 heterocycles. The van der Waals surface area contributed by atoms with Crippen LogP contribution in [-0.2, 0) is 11.3 Å². The predicted molar refractivity (Wildman–Crippen MR) is 97.3 cm³/mol. The van der Waals surface area contributed by atoms with Gasteiger partial charge in [0.05, 0.1) is 12.2 Å². The maximum Gasteiger partial charge on any atom is 0.0839 e. The highest BCUT2D eigenvalue weighted by Gasteiger charge is 2.21. The molecule has 0 radical (unpaired) electrons. The number of hydrogen-bond donors (Lipinski definition) is 0. The fourth-order valence-corrected chi connectivity index (χ4v) is 2.55. The van der Waals surface area contributed by atoms with E-state index in [9.17, 15) is 0 Å². The number of allylic oxidation sites excluding steroid dienone is 2. The van der Waals surface area contributed by atoms with Crippen LogP contribution < -0.4 is 0 Å². The highest BCUT2D eigenvalue weighted by molar-refractivity contribution is 5.33. The Hall–Kier alpha value is -1.34. The molecule has 0 saturated carbocycles. The monoisotopic (exact) mass is 300 g/mol. The molecule has 1 atom stereocenters. The zero-order chi connectivity index (χ0) is 16.8. The molecule has 0 aliphatic carbocycles. The van der Waals surface area contributed by atoms with E-state index in [1.54, 1.807) is 0 Å². The molecule has 0 spiro atoms. The Morgan fingerprint density at radius 3 is 2.55 bits per heavy atom. The lowest BCUT2D eigenvalue weighted by molar-refractivity contribution is -0.0120. The Balaban J connectivity index is 2.79. The lowest BCUT2D eigenvalue weighted by Gasteiger charge is -2.27. The molecule has 1 rings (SSSR count). The van der Waals surface area contributed by atoms with Gasteiger partial charge >= 0.3 is 0 Å². The third kappa shape index (κ3) is 5.81. The fraction of sp³-hybridized carbons (Fsp3) is 0.524. The van der Waals surface area contributed by atoms with Gasteiger partial charge in [0.1, 0.15) is 0 Å². The van der Waals surface area contributed by atoms with Gasteiger partial charge in [-0.15, -0.1) is 6.58 Å². The summed E-state index contributed by atoms with van der Waals surface area (Å²) < 4.78 is 6.25. The maximum absolute atomic E-state index is 6.25. The molecule has 1 aromatic rings. The van der Waals surface area contributed by atoms with Gasteiger partial charge in [-0.1, -0.05) is 55.3 Å². The van der Waals surface area contributed by atoms with Crippen LogP contribution in [-0.4, -0.2) is 5.60 Å². The molecule has 0 N–H and O–H groups in total.